The van der Waals surface area contributed by atoms with Gasteiger partial charge in [0.05, 0.1) is 17.7 Å². The van der Waals surface area contributed by atoms with Crippen LogP contribution in [0, 0.1) is 11.3 Å². The first-order chi connectivity index (χ1) is 11.2. The molecule has 0 radical (unpaired) electrons. The number of halogens is 1. The maximum absolute atomic E-state index is 8.96. The van der Waals surface area contributed by atoms with Crippen molar-refractivity contribution in [3.63, 3.8) is 0 Å². The minimum absolute atomic E-state index is 0.514. The average Bonchev–Trinajstić information content (AvgIpc) is 2.62. The van der Waals surface area contributed by atoms with Crippen LogP contribution in [0.1, 0.15) is 5.56 Å². The van der Waals surface area contributed by atoms with Crippen LogP contribution in [0.5, 0.6) is 5.75 Å². The van der Waals surface area contributed by atoms with Crippen LogP contribution in [-0.2, 0) is 0 Å². The van der Waals surface area contributed by atoms with Crippen LogP contribution in [0.3, 0.4) is 0 Å². The summed E-state index contributed by atoms with van der Waals surface area (Å²) in [5, 5.41) is 9.47. The summed E-state index contributed by atoms with van der Waals surface area (Å²) in [6.07, 6.45) is 0. The first kappa shape index (κ1) is 15.5. The molecule has 5 heteroatoms. The summed E-state index contributed by atoms with van der Waals surface area (Å²) in [7, 11) is 1.69. The summed E-state index contributed by atoms with van der Waals surface area (Å²) in [6, 6.07) is 15.9. The number of hydrogen-bond acceptors (Lipinski definition) is 4. The Bertz CT molecular complexity index is 733. The summed E-state index contributed by atoms with van der Waals surface area (Å²) in [5.41, 5.74) is 2.77. The van der Waals surface area contributed by atoms with Crippen molar-refractivity contribution in [1.29, 1.82) is 5.26 Å². The summed E-state index contributed by atoms with van der Waals surface area (Å²) in [6.45, 7) is 3.70. The van der Waals surface area contributed by atoms with Gasteiger partial charge in [-0.05, 0) is 30.3 Å². The van der Waals surface area contributed by atoms with E-state index in [-0.39, 0.29) is 0 Å². The van der Waals surface area contributed by atoms with Crippen LogP contribution in [0.2, 0.25) is 5.02 Å². The lowest BCUT2D eigenvalue weighted by Crippen LogP contribution is -2.46. The van der Waals surface area contributed by atoms with E-state index in [0.717, 1.165) is 37.6 Å². The highest BCUT2D eigenvalue weighted by Gasteiger charge is 2.18. The lowest BCUT2D eigenvalue weighted by Gasteiger charge is -2.37. The van der Waals surface area contributed by atoms with E-state index in [1.807, 2.05) is 24.3 Å². The minimum atomic E-state index is 0.514. The first-order valence-corrected chi connectivity index (χ1v) is 7.92. The smallest absolute Gasteiger partial charge is 0.120 e. The molecule has 1 aliphatic rings. The van der Waals surface area contributed by atoms with Crippen molar-refractivity contribution in [3.8, 4) is 11.8 Å². The highest BCUT2D eigenvalue weighted by Crippen LogP contribution is 2.26. The molecule has 0 bridgehead atoms. The number of nitrogens with zero attached hydrogens (tertiary/aromatic N) is 3. The normalized spacial score (nSPS) is 14.5. The van der Waals surface area contributed by atoms with Crippen LogP contribution < -0.4 is 14.5 Å². The molecule has 1 saturated heterocycles. The fraction of sp³-hybridized carbons (Fsp3) is 0.278. The molecule has 0 unspecified atom stereocenters. The van der Waals surface area contributed by atoms with Gasteiger partial charge >= 0.3 is 0 Å². The molecule has 0 aromatic heterocycles. The highest BCUT2D eigenvalue weighted by molar-refractivity contribution is 6.32. The number of benzene rings is 2. The Morgan fingerprint density at radius 1 is 1.00 bits per heavy atom. The molecule has 2 aromatic carbocycles. The molecule has 1 aliphatic heterocycles. The number of hydrogen-bond donors (Lipinski definition) is 0. The van der Waals surface area contributed by atoms with Crippen molar-refractivity contribution in [1.82, 2.24) is 0 Å². The van der Waals surface area contributed by atoms with Crippen molar-refractivity contribution < 1.29 is 4.74 Å². The van der Waals surface area contributed by atoms with Gasteiger partial charge in [-0.3, -0.25) is 0 Å². The van der Waals surface area contributed by atoms with E-state index in [2.05, 4.69) is 28.0 Å². The van der Waals surface area contributed by atoms with Crippen molar-refractivity contribution in [2.24, 2.45) is 0 Å². The average molecular weight is 328 g/mol. The molecule has 0 saturated carbocycles. The number of rotatable bonds is 3. The molecule has 4 nitrogen and oxygen atoms in total. The summed E-state index contributed by atoms with van der Waals surface area (Å²) < 4.78 is 5.29. The zero-order valence-electron chi connectivity index (χ0n) is 13.0. The molecule has 0 amide bonds. The zero-order chi connectivity index (χ0) is 16.2. The van der Waals surface area contributed by atoms with Crippen molar-refractivity contribution >= 4 is 23.0 Å². The number of ether oxygens (including phenoxy) is 1. The summed E-state index contributed by atoms with van der Waals surface area (Å²) in [4.78, 5) is 4.65. The Morgan fingerprint density at radius 2 is 1.65 bits per heavy atom. The molecule has 3 rings (SSSR count). The van der Waals surface area contributed by atoms with Crippen molar-refractivity contribution in [3.05, 3.63) is 53.1 Å². The summed E-state index contributed by atoms with van der Waals surface area (Å²) in [5.74, 6) is 0.879. The van der Waals surface area contributed by atoms with E-state index in [1.54, 1.807) is 13.2 Å². The van der Waals surface area contributed by atoms with E-state index in [0.29, 0.717) is 10.6 Å². The van der Waals surface area contributed by atoms with Crippen LogP contribution in [-0.4, -0.2) is 33.3 Å². The maximum Gasteiger partial charge on any atom is 0.120 e. The third kappa shape index (κ3) is 3.35. The third-order valence-corrected chi connectivity index (χ3v) is 4.45. The molecule has 0 spiro atoms. The quantitative estimate of drug-likeness (QED) is 0.864. The van der Waals surface area contributed by atoms with Gasteiger partial charge in [0.2, 0.25) is 0 Å². The van der Waals surface area contributed by atoms with Gasteiger partial charge in [0.15, 0.2) is 0 Å². The third-order valence-electron chi connectivity index (χ3n) is 4.14. The monoisotopic (exact) mass is 327 g/mol. The van der Waals surface area contributed by atoms with Crippen LogP contribution in [0.25, 0.3) is 0 Å². The van der Waals surface area contributed by atoms with Crippen molar-refractivity contribution in [2.75, 3.05) is 43.1 Å². The first-order valence-electron chi connectivity index (χ1n) is 7.55. The molecular weight excluding hydrogens is 310 g/mol. The summed E-state index contributed by atoms with van der Waals surface area (Å²) >= 11 is 6.13. The lowest BCUT2D eigenvalue weighted by atomic mass is 10.2. The van der Waals surface area contributed by atoms with Crippen LogP contribution in [0.15, 0.2) is 42.5 Å². The zero-order valence-corrected chi connectivity index (χ0v) is 13.8. The second-order valence-electron chi connectivity index (χ2n) is 5.45. The SMILES string of the molecule is COc1cccc(N2CCN(c3ccc(C#N)c(Cl)c3)CC2)c1. The van der Waals surface area contributed by atoms with E-state index in [4.69, 9.17) is 21.6 Å². The number of anilines is 2. The standard InChI is InChI=1S/C18H18ClN3O/c1-23-17-4-2-3-15(11-17)21-7-9-22(10-8-21)16-6-5-14(13-20)18(19)12-16/h2-6,11-12H,7-10H2,1H3. The molecule has 0 atom stereocenters. The van der Waals surface area contributed by atoms with Gasteiger partial charge < -0.3 is 14.5 Å². The molecule has 2 aromatic rings. The Kier molecular flexibility index (Phi) is 4.59. The van der Waals surface area contributed by atoms with Gasteiger partial charge in [0, 0.05) is 43.6 Å². The van der Waals surface area contributed by atoms with E-state index in [1.165, 1.54) is 5.69 Å². The number of nitriles is 1. The maximum atomic E-state index is 8.96. The Morgan fingerprint density at radius 3 is 2.22 bits per heavy atom. The van der Waals surface area contributed by atoms with E-state index >= 15 is 0 Å². The van der Waals surface area contributed by atoms with Gasteiger partial charge in [-0.2, -0.15) is 5.26 Å². The van der Waals surface area contributed by atoms with Crippen molar-refractivity contribution in [2.45, 2.75) is 0 Å². The Balaban J connectivity index is 1.68. The van der Waals surface area contributed by atoms with Gasteiger partial charge in [0.25, 0.3) is 0 Å². The second-order valence-corrected chi connectivity index (χ2v) is 5.86. The predicted molar refractivity (Wildman–Crippen MR) is 93.6 cm³/mol. The predicted octanol–water partition coefficient (Wildman–Crippen LogP) is 3.55. The van der Waals surface area contributed by atoms with Crippen LogP contribution in [0.4, 0.5) is 11.4 Å². The van der Waals surface area contributed by atoms with Gasteiger partial charge in [-0.15, -0.1) is 0 Å². The molecule has 118 valence electrons. The van der Waals surface area contributed by atoms with Crippen LogP contribution >= 0.6 is 11.6 Å². The number of piperazine rings is 1. The Labute approximate surface area is 141 Å². The fourth-order valence-electron chi connectivity index (χ4n) is 2.82. The largest absolute Gasteiger partial charge is 0.497 e. The highest BCUT2D eigenvalue weighted by atomic mass is 35.5. The molecular formula is C18H18ClN3O. The molecule has 0 N–H and O–H groups in total. The fourth-order valence-corrected chi connectivity index (χ4v) is 3.04. The van der Waals surface area contributed by atoms with E-state index < -0.39 is 0 Å². The molecule has 1 fully saturated rings. The molecule has 0 aliphatic carbocycles. The van der Waals surface area contributed by atoms with Gasteiger partial charge in [0.1, 0.15) is 11.8 Å². The minimum Gasteiger partial charge on any atom is -0.497 e. The molecule has 23 heavy (non-hydrogen) atoms. The number of methoxy groups -OCH3 is 1. The van der Waals surface area contributed by atoms with Gasteiger partial charge in [-0.25, -0.2) is 0 Å². The van der Waals surface area contributed by atoms with Gasteiger partial charge in [-0.1, -0.05) is 17.7 Å². The molecule has 1 heterocycles. The lowest BCUT2D eigenvalue weighted by molar-refractivity contribution is 0.414. The van der Waals surface area contributed by atoms with E-state index in [9.17, 15) is 0 Å². The second kappa shape index (κ2) is 6.80. The Hall–Kier alpha value is -2.38. The topological polar surface area (TPSA) is 39.5 Å².